The number of nitrogens with one attached hydrogen (secondary N) is 1. The van der Waals surface area contributed by atoms with Crippen LogP contribution in [0.4, 0.5) is 4.39 Å². The van der Waals surface area contributed by atoms with Gasteiger partial charge in [0.25, 0.3) is 5.97 Å². The van der Waals surface area contributed by atoms with E-state index in [4.69, 9.17) is 9.94 Å². The van der Waals surface area contributed by atoms with Crippen LogP contribution in [0, 0.1) is 11.8 Å². The number of hydrogen-bond acceptors (Lipinski definition) is 4. The number of β-amino-alcohol motifs (C(OH)–C–C–N with tert-alkyl or cyclic N) is 1. The molecular formula is C9H13FN2O2. The number of rotatable bonds is 3. The maximum atomic E-state index is 12.5. The molecule has 2 N–H and O–H groups in total. The van der Waals surface area contributed by atoms with Crippen molar-refractivity contribution in [3.63, 3.8) is 0 Å². The van der Waals surface area contributed by atoms with Gasteiger partial charge in [-0.15, -0.1) is 0 Å². The molecule has 14 heavy (non-hydrogen) atoms. The summed E-state index contributed by atoms with van der Waals surface area (Å²) in [6.45, 7) is 2.31. The summed E-state index contributed by atoms with van der Waals surface area (Å²) < 4.78 is 12.5. The summed E-state index contributed by atoms with van der Waals surface area (Å²) in [6, 6.07) is 0.0381. The number of aliphatic hydroxyl groups excluding tert-OH is 1. The topological polar surface area (TPSA) is 53.9 Å². The highest BCUT2D eigenvalue weighted by Gasteiger charge is 2.22. The van der Waals surface area contributed by atoms with E-state index in [0.29, 0.717) is 13.0 Å². The zero-order valence-electron chi connectivity index (χ0n) is 7.96. The SMILES string of the molecule is CC#C/C(F)=N\OC[C@@H]1C[C@H](O)CN1. The summed E-state index contributed by atoms with van der Waals surface area (Å²) in [7, 11) is 0. The van der Waals surface area contributed by atoms with Gasteiger partial charge in [-0.1, -0.05) is 5.92 Å². The van der Waals surface area contributed by atoms with Gasteiger partial charge in [-0.3, -0.25) is 0 Å². The van der Waals surface area contributed by atoms with Gasteiger partial charge in [-0.2, -0.15) is 4.39 Å². The Kier molecular flexibility index (Phi) is 4.36. The van der Waals surface area contributed by atoms with Crippen LogP contribution in [-0.2, 0) is 4.84 Å². The Morgan fingerprint density at radius 2 is 2.57 bits per heavy atom. The molecule has 0 saturated carbocycles. The van der Waals surface area contributed by atoms with E-state index in [-0.39, 0.29) is 18.8 Å². The molecule has 0 unspecified atom stereocenters. The average Bonchev–Trinajstić information content (AvgIpc) is 2.52. The molecule has 2 atom stereocenters. The van der Waals surface area contributed by atoms with Gasteiger partial charge in [0.1, 0.15) is 6.61 Å². The van der Waals surface area contributed by atoms with Crippen molar-refractivity contribution < 1.29 is 14.3 Å². The lowest BCUT2D eigenvalue weighted by atomic mass is 10.2. The van der Waals surface area contributed by atoms with Crippen molar-refractivity contribution in [2.24, 2.45) is 5.16 Å². The molecule has 78 valence electrons. The van der Waals surface area contributed by atoms with Crippen LogP contribution in [0.2, 0.25) is 0 Å². The largest absolute Gasteiger partial charge is 0.392 e. The molecule has 1 aliphatic rings. The van der Waals surface area contributed by atoms with Crippen molar-refractivity contribution in [2.75, 3.05) is 13.2 Å². The molecule has 4 nitrogen and oxygen atoms in total. The molecule has 1 fully saturated rings. The molecule has 0 aliphatic carbocycles. The number of oxime groups is 1. The first kappa shape index (κ1) is 11.0. The molecule has 0 aromatic carbocycles. The molecule has 1 heterocycles. The third kappa shape index (κ3) is 3.73. The number of aliphatic hydroxyl groups is 1. The molecule has 0 spiro atoms. The fourth-order valence-electron chi connectivity index (χ4n) is 1.23. The molecule has 0 radical (unpaired) electrons. The van der Waals surface area contributed by atoms with Crippen LogP contribution in [0.15, 0.2) is 5.16 Å². The highest BCUT2D eigenvalue weighted by atomic mass is 19.1. The van der Waals surface area contributed by atoms with Gasteiger partial charge in [-0.25, -0.2) is 0 Å². The standard InChI is InChI=1S/C9H13FN2O2/c1-2-3-9(10)12-14-6-7-4-8(13)5-11-7/h7-8,11,13H,4-6H2,1H3/b12-9+/t7-,8-/m0/s1. The van der Waals surface area contributed by atoms with E-state index >= 15 is 0 Å². The van der Waals surface area contributed by atoms with E-state index in [1.54, 1.807) is 0 Å². The molecule has 1 rings (SSSR count). The van der Waals surface area contributed by atoms with Gasteiger partial charge in [0.2, 0.25) is 0 Å². The lowest BCUT2D eigenvalue weighted by Gasteiger charge is -2.06. The van der Waals surface area contributed by atoms with Gasteiger partial charge in [-0.05, 0) is 24.4 Å². The Morgan fingerprint density at radius 1 is 1.79 bits per heavy atom. The van der Waals surface area contributed by atoms with Crippen LogP contribution < -0.4 is 5.32 Å². The van der Waals surface area contributed by atoms with E-state index in [1.165, 1.54) is 6.92 Å². The number of nitrogens with zero attached hydrogens (tertiary/aromatic N) is 1. The molecule has 5 heteroatoms. The lowest BCUT2D eigenvalue weighted by molar-refractivity contribution is 0.116. The molecule has 0 bridgehead atoms. The molecular weight excluding hydrogens is 187 g/mol. The van der Waals surface area contributed by atoms with E-state index < -0.39 is 5.97 Å². The van der Waals surface area contributed by atoms with Crippen molar-refractivity contribution in [1.82, 2.24) is 5.32 Å². The summed E-state index contributed by atoms with van der Waals surface area (Å²) >= 11 is 0. The zero-order valence-corrected chi connectivity index (χ0v) is 7.96. The maximum Gasteiger partial charge on any atom is 0.300 e. The van der Waals surface area contributed by atoms with E-state index in [9.17, 15) is 4.39 Å². The van der Waals surface area contributed by atoms with Gasteiger partial charge in [0, 0.05) is 12.6 Å². The highest BCUT2D eigenvalue weighted by molar-refractivity contribution is 5.91. The van der Waals surface area contributed by atoms with Gasteiger partial charge in [0.15, 0.2) is 0 Å². The molecule has 0 aromatic heterocycles. The summed E-state index contributed by atoms with van der Waals surface area (Å²) in [5, 5.41) is 15.3. The Hall–Kier alpha value is -1.12. The number of halogens is 1. The van der Waals surface area contributed by atoms with Gasteiger partial charge < -0.3 is 15.3 Å². The molecule has 0 amide bonds. The van der Waals surface area contributed by atoms with Gasteiger partial charge >= 0.3 is 0 Å². The first-order valence-electron chi connectivity index (χ1n) is 4.42. The first-order chi connectivity index (χ1) is 6.72. The zero-order chi connectivity index (χ0) is 10.4. The third-order valence-electron chi connectivity index (χ3n) is 1.85. The third-order valence-corrected chi connectivity index (χ3v) is 1.85. The predicted octanol–water partition coefficient (Wildman–Crippen LogP) is 0.0321. The van der Waals surface area contributed by atoms with Crippen molar-refractivity contribution in [3.8, 4) is 11.8 Å². The van der Waals surface area contributed by atoms with Crippen molar-refractivity contribution in [3.05, 3.63) is 0 Å². The molecule has 0 aromatic rings. The van der Waals surface area contributed by atoms with Crippen LogP contribution >= 0.6 is 0 Å². The minimum absolute atomic E-state index is 0.0381. The monoisotopic (exact) mass is 200 g/mol. The fraction of sp³-hybridized carbons (Fsp3) is 0.667. The highest BCUT2D eigenvalue weighted by Crippen LogP contribution is 2.06. The predicted molar refractivity (Wildman–Crippen MR) is 50.4 cm³/mol. The Labute approximate surface area is 82.1 Å². The second kappa shape index (κ2) is 5.58. The van der Waals surface area contributed by atoms with Gasteiger partial charge in [0.05, 0.1) is 6.10 Å². The first-order valence-corrected chi connectivity index (χ1v) is 4.42. The smallest absolute Gasteiger partial charge is 0.300 e. The van der Waals surface area contributed by atoms with Crippen LogP contribution in [0.3, 0.4) is 0 Å². The lowest BCUT2D eigenvalue weighted by Crippen LogP contribution is -2.25. The van der Waals surface area contributed by atoms with Crippen LogP contribution in [-0.4, -0.2) is 36.4 Å². The summed E-state index contributed by atoms with van der Waals surface area (Å²) in [4.78, 5) is 4.72. The molecule has 1 saturated heterocycles. The minimum Gasteiger partial charge on any atom is -0.392 e. The second-order valence-electron chi connectivity index (χ2n) is 3.05. The minimum atomic E-state index is -0.828. The molecule has 1 aliphatic heterocycles. The second-order valence-corrected chi connectivity index (χ2v) is 3.05. The van der Waals surface area contributed by atoms with Crippen LogP contribution in [0.5, 0.6) is 0 Å². The van der Waals surface area contributed by atoms with E-state index in [0.717, 1.165) is 0 Å². The Balaban J connectivity index is 2.20. The summed E-state index contributed by atoms with van der Waals surface area (Å²) in [5.74, 6) is 3.65. The number of hydrogen-bond donors (Lipinski definition) is 2. The van der Waals surface area contributed by atoms with Crippen molar-refractivity contribution in [1.29, 1.82) is 0 Å². The van der Waals surface area contributed by atoms with Crippen LogP contribution in [0.25, 0.3) is 0 Å². The summed E-state index contributed by atoms with van der Waals surface area (Å²) in [6.07, 6.45) is 0.268. The maximum absolute atomic E-state index is 12.5. The van der Waals surface area contributed by atoms with E-state index in [1.807, 2.05) is 0 Å². The Bertz CT molecular complexity index is 270. The van der Waals surface area contributed by atoms with Crippen molar-refractivity contribution in [2.45, 2.75) is 25.5 Å². The Morgan fingerprint density at radius 3 is 3.14 bits per heavy atom. The van der Waals surface area contributed by atoms with Crippen LogP contribution in [0.1, 0.15) is 13.3 Å². The van der Waals surface area contributed by atoms with Crippen molar-refractivity contribution >= 4 is 5.97 Å². The summed E-state index contributed by atoms with van der Waals surface area (Å²) in [5.41, 5.74) is 0. The quantitative estimate of drug-likeness (QED) is 0.384. The fourth-order valence-corrected chi connectivity index (χ4v) is 1.23. The van der Waals surface area contributed by atoms with E-state index in [2.05, 4.69) is 22.3 Å². The normalized spacial score (nSPS) is 26.9. The average molecular weight is 200 g/mol.